The van der Waals surface area contributed by atoms with Crippen molar-refractivity contribution >= 4 is 11.4 Å². The molecule has 0 spiro atoms. The van der Waals surface area contributed by atoms with Gasteiger partial charge in [-0.15, -0.1) is 0 Å². The van der Waals surface area contributed by atoms with Crippen LogP contribution in [0.2, 0.25) is 0 Å². The number of rotatable bonds is 5. The van der Waals surface area contributed by atoms with Gasteiger partial charge in [0.25, 0.3) is 0 Å². The first-order valence-electron chi connectivity index (χ1n) is 7.50. The zero-order chi connectivity index (χ0) is 19.6. The molecule has 0 saturated heterocycles. The van der Waals surface area contributed by atoms with Crippen molar-refractivity contribution in [2.45, 2.75) is 12.8 Å². The lowest BCUT2D eigenvalue weighted by Gasteiger charge is -2.09. The number of alkyl halides is 3. The molecule has 0 saturated carbocycles. The van der Waals surface area contributed by atoms with Crippen molar-refractivity contribution in [3.63, 3.8) is 0 Å². The maximum atomic E-state index is 13.1. The monoisotopic (exact) mass is 400 g/mol. The first-order chi connectivity index (χ1) is 12.7. The van der Waals surface area contributed by atoms with Crippen molar-refractivity contribution < 1.29 is 30.5 Å². The highest BCUT2D eigenvalue weighted by Crippen LogP contribution is 2.33. The molecule has 0 aliphatic carbocycles. The lowest BCUT2D eigenvalue weighted by Crippen LogP contribution is -2.07. The minimum atomic E-state index is -4.64. The first kappa shape index (κ1) is 19.2. The molecule has 27 heavy (non-hydrogen) atoms. The van der Waals surface area contributed by atoms with Crippen LogP contribution in [-0.4, -0.2) is 18.5 Å². The van der Waals surface area contributed by atoms with Crippen LogP contribution >= 0.6 is 0 Å². The van der Waals surface area contributed by atoms with Gasteiger partial charge in [-0.25, -0.2) is 9.07 Å². The second-order valence-electron chi connectivity index (χ2n) is 5.48. The lowest BCUT2D eigenvalue weighted by molar-refractivity contribution is -0.141. The van der Waals surface area contributed by atoms with E-state index in [1.165, 1.54) is 36.4 Å². The third kappa shape index (κ3) is 4.59. The summed E-state index contributed by atoms with van der Waals surface area (Å²) in [5, 5.41) is 3.63. The molecule has 0 aliphatic heterocycles. The highest BCUT2D eigenvalue weighted by molar-refractivity contribution is 7.74. The van der Waals surface area contributed by atoms with E-state index >= 15 is 0 Å². The molecular formula is C17H12F4N2O3S. The van der Waals surface area contributed by atoms with Gasteiger partial charge in [0.05, 0.1) is 18.0 Å². The van der Waals surface area contributed by atoms with Crippen molar-refractivity contribution in [1.82, 2.24) is 9.78 Å². The second kappa shape index (κ2) is 7.59. The fourth-order valence-corrected chi connectivity index (χ4v) is 2.63. The zero-order valence-corrected chi connectivity index (χ0v) is 14.3. The van der Waals surface area contributed by atoms with Crippen molar-refractivity contribution in [3.8, 4) is 16.9 Å². The van der Waals surface area contributed by atoms with Crippen LogP contribution in [0.3, 0.4) is 0 Å². The molecule has 142 valence electrons. The Balaban J connectivity index is 2.01. The molecule has 0 radical (unpaired) electrons. The van der Waals surface area contributed by atoms with Gasteiger partial charge in [-0.2, -0.15) is 22.5 Å². The number of nitrogens with zero attached hydrogens (tertiary/aromatic N) is 2. The Bertz CT molecular complexity index is 954. The molecule has 1 heterocycles. The highest BCUT2D eigenvalue weighted by Gasteiger charge is 2.35. The van der Waals surface area contributed by atoms with Crippen LogP contribution in [0.5, 0.6) is 0 Å². The number of hydrogen-bond donors (Lipinski definition) is 1. The molecule has 5 nitrogen and oxygen atoms in total. The van der Waals surface area contributed by atoms with Gasteiger partial charge in [0.15, 0.2) is 5.69 Å². The number of hydrogen-bond acceptors (Lipinski definition) is 3. The summed E-state index contributed by atoms with van der Waals surface area (Å²) < 4.78 is 77.3. The van der Waals surface area contributed by atoms with E-state index in [4.69, 9.17) is 4.55 Å². The van der Waals surface area contributed by atoms with E-state index in [9.17, 15) is 21.8 Å². The number of halogens is 4. The molecule has 1 aromatic heterocycles. The van der Waals surface area contributed by atoms with Crippen molar-refractivity contribution in [2.24, 2.45) is 0 Å². The predicted molar refractivity (Wildman–Crippen MR) is 89.5 cm³/mol. The van der Waals surface area contributed by atoms with Crippen LogP contribution in [0.25, 0.3) is 16.9 Å². The Morgan fingerprint density at radius 3 is 2.26 bits per heavy atom. The SMILES string of the molecule is O=S(O)OCc1ccc(-n2nc(C(F)(F)F)cc2-c2ccc(F)cc2)cc1. The molecule has 0 aliphatic rings. The predicted octanol–water partition coefficient (Wildman–Crippen LogP) is 4.35. The van der Waals surface area contributed by atoms with Gasteiger partial charge in [0.2, 0.25) is 0 Å². The largest absolute Gasteiger partial charge is 0.435 e. The van der Waals surface area contributed by atoms with Crippen LogP contribution in [0.15, 0.2) is 54.6 Å². The van der Waals surface area contributed by atoms with Crippen molar-refractivity contribution in [1.29, 1.82) is 0 Å². The fraction of sp³-hybridized carbons (Fsp3) is 0.118. The summed E-state index contributed by atoms with van der Waals surface area (Å²) in [5.74, 6) is -0.508. The second-order valence-corrected chi connectivity index (χ2v) is 6.15. The fourth-order valence-electron chi connectivity index (χ4n) is 2.39. The molecule has 1 unspecified atom stereocenters. The summed E-state index contributed by atoms with van der Waals surface area (Å²) >= 11 is -2.42. The summed E-state index contributed by atoms with van der Waals surface area (Å²) in [6.45, 7) is -0.138. The Morgan fingerprint density at radius 1 is 1.07 bits per heavy atom. The smallest absolute Gasteiger partial charge is 0.284 e. The molecule has 10 heteroatoms. The average molecular weight is 400 g/mol. The zero-order valence-electron chi connectivity index (χ0n) is 13.5. The van der Waals surface area contributed by atoms with E-state index in [1.807, 2.05) is 0 Å². The molecular weight excluding hydrogens is 388 g/mol. The third-order valence-corrected chi connectivity index (χ3v) is 3.97. The van der Waals surface area contributed by atoms with Gasteiger partial charge in [0.1, 0.15) is 5.82 Å². The molecule has 3 rings (SSSR count). The number of benzene rings is 2. The van der Waals surface area contributed by atoms with E-state index in [2.05, 4.69) is 9.28 Å². The summed E-state index contributed by atoms with van der Waals surface area (Å²) in [6.07, 6.45) is -4.64. The topological polar surface area (TPSA) is 64.3 Å². The Morgan fingerprint density at radius 2 is 1.70 bits per heavy atom. The van der Waals surface area contributed by atoms with Crippen molar-refractivity contribution in [2.75, 3.05) is 0 Å². The van der Waals surface area contributed by atoms with Gasteiger partial charge >= 0.3 is 17.5 Å². The van der Waals surface area contributed by atoms with Gasteiger partial charge in [-0.05, 0) is 48.0 Å². The minimum Gasteiger partial charge on any atom is -0.284 e. The summed E-state index contributed by atoms with van der Waals surface area (Å²) in [7, 11) is 0. The molecule has 1 N–H and O–H groups in total. The van der Waals surface area contributed by atoms with Gasteiger partial charge in [-0.3, -0.25) is 8.74 Å². The molecule has 1 atom stereocenters. The van der Waals surface area contributed by atoms with Crippen LogP contribution in [0.4, 0.5) is 17.6 Å². The van der Waals surface area contributed by atoms with Crippen LogP contribution in [0.1, 0.15) is 11.3 Å². The Kier molecular flexibility index (Phi) is 5.40. The van der Waals surface area contributed by atoms with Crippen LogP contribution < -0.4 is 0 Å². The Hall–Kier alpha value is -2.56. The van der Waals surface area contributed by atoms with E-state index in [1.54, 1.807) is 0 Å². The van der Waals surface area contributed by atoms with E-state index in [0.29, 0.717) is 16.8 Å². The summed E-state index contributed by atoms with van der Waals surface area (Å²) in [6, 6.07) is 12.0. The maximum Gasteiger partial charge on any atom is 0.435 e. The highest BCUT2D eigenvalue weighted by atomic mass is 32.2. The summed E-state index contributed by atoms with van der Waals surface area (Å²) in [4.78, 5) is 0. The van der Waals surface area contributed by atoms with E-state index in [0.717, 1.165) is 22.9 Å². The molecule has 3 aromatic rings. The standard InChI is InChI=1S/C17H12F4N2O3S/c18-13-5-3-12(4-6-13)15-9-16(17(19,20)21)22-23(15)14-7-1-11(2-8-14)10-26-27(24)25/h1-9H,10H2,(H,24,25). The van der Waals surface area contributed by atoms with Crippen LogP contribution in [-0.2, 0) is 28.3 Å². The van der Waals surface area contributed by atoms with Gasteiger partial charge in [0, 0.05) is 5.56 Å². The minimum absolute atomic E-state index is 0.138. The van der Waals surface area contributed by atoms with E-state index in [-0.39, 0.29) is 12.3 Å². The lowest BCUT2D eigenvalue weighted by atomic mass is 10.1. The van der Waals surface area contributed by atoms with E-state index < -0.39 is 29.0 Å². The molecule has 2 aromatic carbocycles. The van der Waals surface area contributed by atoms with Gasteiger partial charge in [-0.1, -0.05) is 12.1 Å². The Labute approximate surface area is 153 Å². The van der Waals surface area contributed by atoms with Crippen molar-refractivity contribution in [3.05, 3.63) is 71.7 Å². The summed E-state index contributed by atoms with van der Waals surface area (Å²) in [5.41, 5.74) is 0.307. The molecule has 0 fully saturated rings. The average Bonchev–Trinajstić information content (AvgIpc) is 3.07. The molecule has 0 amide bonds. The normalized spacial score (nSPS) is 12.9. The quantitative estimate of drug-likeness (QED) is 0.511. The van der Waals surface area contributed by atoms with Crippen LogP contribution in [0, 0.1) is 5.82 Å². The molecule has 0 bridgehead atoms. The number of aromatic nitrogens is 2. The van der Waals surface area contributed by atoms with Gasteiger partial charge < -0.3 is 0 Å². The third-order valence-electron chi connectivity index (χ3n) is 3.65. The maximum absolute atomic E-state index is 13.1. The first-order valence-corrected chi connectivity index (χ1v) is 8.54.